The van der Waals surface area contributed by atoms with Crippen LogP contribution in [0, 0.1) is 6.92 Å². The van der Waals surface area contributed by atoms with Gasteiger partial charge >= 0.3 is 0 Å². The van der Waals surface area contributed by atoms with Crippen LogP contribution in [-0.2, 0) is 5.88 Å². The Bertz CT molecular complexity index is 291. The molecule has 0 unspecified atom stereocenters. The first-order valence-electron chi connectivity index (χ1n) is 3.44. The lowest BCUT2D eigenvalue weighted by atomic mass is 10.2. The highest BCUT2D eigenvalue weighted by Crippen LogP contribution is 2.29. The van der Waals surface area contributed by atoms with E-state index in [1.54, 1.807) is 13.3 Å². The van der Waals surface area contributed by atoms with E-state index in [1.807, 2.05) is 6.92 Å². The summed E-state index contributed by atoms with van der Waals surface area (Å²) < 4.78 is 6.03. The molecule has 0 aliphatic heterocycles. The van der Waals surface area contributed by atoms with Gasteiger partial charge in [0.15, 0.2) is 0 Å². The van der Waals surface area contributed by atoms with E-state index in [1.165, 1.54) is 0 Å². The van der Waals surface area contributed by atoms with E-state index >= 15 is 0 Å². The van der Waals surface area contributed by atoms with Crippen molar-refractivity contribution in [1.82, 2.24) is 4.98 Å². The Labute approximate surface area is 85.0 Å². The van der Waals surface area contributed by atoms with E-state index in [2.05, 4.69) is 20.9 Å². The minimum Gasteiger partial charge on any atom is -0.495 e. The summed E-state index contributed by atoms with van der Waals surface area (Å²) in [6, 6.07) is 0. The number of methoxy groups -OCH3 is 1. The molecule has 0 aliphatic rings. The van der Waals surface area contributed by atoms with Gasteiger partial charge in [-0.15, -0.1) is 11.6 Å². The van der Waals surface area contributed by atoms with Gasteiger partial charge in [0.05, 0.1) is 23.2 Å². The van der Waals surface area contributed by atoms with Gasteiger partial charge < -0.3 is 4.74 Å². The van der Waals surface area contributed by atoms with E-state index in [0.717, 1.165) is 21.5 Å². The first-order valence-corrected chi connectivity index (χ1v) is 4.77. The zero-order valence-electron chi connectivity index (χ0n) is 6.90. The first-order chi connectivity index (χ1) is 5.70. The van der Waals surface area contributed by atoms with Crippen LogP contribution in [-0.4, -0.2) is 12.1 Å². The molecule has 0 fully saturated rings. The lowest BCUT2D eigenvalue weighted by Gasteiger charge is -2.08. The molecule has 0 bridgehead atoms. The number of nitrogens with zero attached hydrogens (tertiary/aromatic N) is 1. The van der Waals surface area contributed by atoms with Crippen molar-refractivity contribution in [1.29, 1.82) is 0 Å². The highest BCUT2D eigenvalue weighted by Gasteiger charge is 2.08. The Morgan fingerprint density at radius 3 is 2.83 bits per heavy atom. The number of ether oxygens (including phenoxy) is 1. The Morgan fingerprint density at radius 2 is 2.33 bits per heavy atom. The molecule has 0 amide bonds. The molecule has 1 aromatic rings. The number of hydrogen-bond donors (Lipinski definition) is 0. The van der Waals surface area contributed by atoms with Gasteiger partial charge in [-0.05, 0) is 22.9 Å². The van der Waals surface area contributed by atoms with Crippen LogP contribution in [0.5, 0.6) is 5.75 Å². The molecule has 0 saturated heterocycles. The third-order valence-corrected chi connectivity index (χ3v) is 2.47. The van der Waals surface area contributed by atoms with Crippen LogP contribution < -0.4 is 4.74 Å². The van der Waals surface area contributed by atoms with Gasteiger partial charge in [-0.25, -0.2) is 0 Å². The van der Waals surface area contributed by atoms with Crippen LogP contribution in [0.2, 0.25) is 0 Å². The quantitative estimate of drug-likeness (QED) is 0.753. The maximum atomic E-state index is 5.68. The van der Waals surface area contributed by atoms with Crippen molar-refractivity contribution in [3.8, 4) is 5.75 Å². The fourth-order valence-electron chi connectivity index (χ4n) is 0.986. The summed E-state index contributed by atoms with van der Waals surface area (Å²) in [4.78, 5) is 4.15. The van der Waals surface area contributed by atoms with Crippen molar-refractivity contribution < 1.29 is 4.74 Å². The highest BCUT2D eigenvalue weighted by atomic mass is 79.9. The number of pyridine rings is 1. The Kier molecular flexibility index (Phi) is 3.35. The second-order valence-electron chi connectivity index (χ2n) is 2.34. The zero-order chi connectivity index (χ0) is 9.14. The zero-order valence-corrected chi connectivity index (χ0v) is 9.24. The summed E-state index contributed by atoms with van der Waals surface area (Å²) in [6.07, 6.45) is 1.70. The smallest absolute Gasteiger partial charge is 0.139 e. The van der Waals surface area contributed by atoms with Crippen molar-refractivity contribution >= 4 is 27.5 Å². The third kappa shape index (κ3) is 1.72. The molecule has 0 N–H and O–H groups in total. The van der Waals surface area contributed by atoms with Crippen LogP contribution in [0.25, 0.3) is 0 Å². The molecule has 0 aliphatic carbocycles. The predicted octanol–water partition coefficient (Wildman–Crippen LogP) is 2.90. The van der Waals surface area contributed by atoms with Crippen LogP contribution >= 0.6 is 27.5 Å². The standard InChI is InChI=1S/C8H9BrClNO/c1-5-7(3-10)11-4-6(9)8(5)12-2/h4H,3H2,1-2H3. The molecule has 12 heavy (non-hydrogen) atoms. The molecular formula is C8H9BrClNO. The second kappa shape index (κ2) is 4.10. The topological polar surface area (TPSA) is 22.1 Å². The molecule has 0 spiro atoms. The van der Waals surface area contributed by atoms with Gasteiger partial charge in [0.25, 0.3) is 0 Å². The number of alkyl halides is 1. The highest BCUT2D eigenvalue weighted by molar-refractivity contribution is 9.10. The lowest BCUT2D eigenvalue weighted by molar-refractivity contribution is 0.407. The third-order valence-electron chi connectivity index (χ3n) is 1.65. The van der Waals surface area contributed by atoms with Crippen molar-refractivity contribution in [3.05, 3.63) is 21.9 Å². The molecule has 1 rings (SSSR count). The van der Waals surface area contributed by atoms with Crippen LogP contribution in [0.3, 0.4) is 0 Å². The summed E-state index contributed by atoms with van der Waals surface area (Å²) in [7, 11) is 1.63. The molecule has 4 heteroatoms. The SMILES string of the molecule is COc1c(Br)cnc(CCl)c1C. The van der Waals surface area contributed by atoms with Gasteiger partial charge in [-0.2, -0.15) is 0 Å². The Hall–Kier alpha value is -0.280. The summed E-state index contributed by atoms with van der Waals surface area (Å²) in [5.74, 6) is 1.22. The van der Waals surface area contributed by atoms with E-state index in [9.17, 15) is 0 Å². The average Bonchev–Trinajstić information content (AvgIpc) is 2.06. The van der Waals surface area contributed by atoms with Crippen molar-refractivity contribution in [2.24, 2.45) is 0 Å². The van der Waals surface area contributed by atoms with Crippen molar-refractivity contribution in [3.63, 3.8) is 0 Å². The number of halogens is 2. The van der Waals surface area contributed by atoms with Crippen LogP contribution in [0.15, 0.2) is 10.7 Å². The molecule has 1 aromatic heterocycles. The molecule has 66 valence electrons. The molecule has 1 heterocycles. The Balaban J connectivity index is 3.24. The predicted molar refractivity (Wildman–Crippen MR) is 52.8 cm³/mol. The van der Waals surface area contributed by atoms with Crippen LogP contribution in [0.4, 0.5) is 0 Å². The second-order valence-corrected chi connectivity index (χ2v) is 3.47. The number of aromatic nitrogens is 1. The van der Waals surface area contributed by atoms with E-state index < -0.39 is 0 Å². The van der Waals surface area contributed by atoms with E-state index in [4.69, 9.17) is 16.3 Å². The van der Waals surface area contributed by atoms with Gasteiger partial charge in [0.2, 0.25) is 0 Å². The maximum Gasteiger partial charge on any atom is 0.139 e. The molecule has 0 radical (unpaired) electrons. The van der Waals surface area contributed by atoms with Crippen molar-refractivity contribution in [2.75, 3.05) is 7.11 Å². The van der Waals surface area contributed by atoms with Gasteiger partial charge in [0.1, 0.15) is 5.75 Å². The maximum absolute atomic E-state index is 5.68. The van der Waals surface area contributed by atoms with Gasteiger partial charge in [0, 0.05) is 11.8 Å². The molecule has 0 aromatic carbocycles. The lowest BCUT2D eigenvalue weighted by Crippen LogP contribution is -1.95. The summed E-state index contributed by atoms with van der Waals surface area (Å²) in [5.41, 5.74) is 1.85. The molecule has 2 nitrogen and oxygen atoms in total. The van der Waals surface area contributed by atoms with E-state index in [0.29, 0.717) is 5.88 Å². The summed E-state index contributed by atoms with van der Waals surface area (Å²) in [6.45, 7) is 1.94. The average molecular weight is 251 g/mol. The first kappa shape index (κ1) is 9.81. The fraction of sp³-hybridized carbons (Fsp3) is 0.375. The monoisotopic (exact) mass is 249 g/mol. The number of hydrogen-bond acceptors (Lipinski definition) is 2. The summed E-state index contributed by atoms with van der Waals surface area (Å²) >= 11 is 9.02. The van der Waals surface area contributed by atoms with Gasteiger partial charge in [-0.3, -0.25) is 4.98 Å². The van der Waals surface area contributed by atoms with Gasteiger partial charge in [-0.1, -0.05) is 0 Å². The molecule has 0 atom stereocenters. The largest absolute Gasteiger partial charge is 0.495 e. The molecular weight excluding hydrogens is 241 g/mol. The Morgan fingerprint density at radius 1 is 1.67 bits per heavy atom. The molecule has 0 saturated carbocycles. The van der Waals surface area contributed by atoms with E-state index in [-0.39, 0.29) is 0 Å². The number of rotatable bonds is 2. The minimum absolute atomic E-state index is 0.412. The normalized spacial score (nSPS) is 10.0. The van der Waals surface area contributed by atoms with Crippen molar-refractivity contribution in [2.45, 2.75) is 12.8 Å². The van der Waals surface area contributed by atoms with Crippen LogP contribution in [0.1, 0.15) is 11.3 Å². The summed E-state index contributed by atoms with van der Waals surface area (Å²) in [5, 5.41) is 0. The fourth-order valence-corrected chi connectivity index (χ4v) is 1.82. The minimum atomic E-state index is 0.412.